The van der Waals surface area contributed by atoms with Crippen molar-refractivity contribution < 1.29 is 0 Å². The lowest BCUT2D eigenvalue weighted by molar-refractivity contribution is 0.205. The molecule has 1 heterocycles. The van der Waals surface area contributed by atoms with Crippen molar-refractivity contribution in [3.63, 3.8) is 0 Å². The van der Waals surface area contributed by atoms with Crippen molar-refractivity contribution in [2.75, 3.05) is 19.6 Å². The Morgan fingerprint density at radius 3 is 2.58 bits per heavy atom. The smallest absolute Gasteiger partial charge is 0.0624 e. The molecule has 0 atom stereocenters. The zero-order valence-corrected chi connectivity index (χ0v) is 7.29. The molecule has 1 saturated heterocycles. The van der Waals surface area contributed by atoms with Crippen molar-refractivity contribution in [1.82, 2.24) is 4.90 Å². The Kier molecular flexibility index (Phi) is 3.64. The van der Waals surface area contributed by atoms with E-state index in [-0.39, 0.29) is 0 Å². The molecule has 1 aliphatic rings. The summed E-state index contributed by atoms with van der Waals surface area (Å²) in [7, 11) is 0. The number of piperidine rings is 1. The van der Waals surface area contributed by atoms with Crippen molar-refractivity contribution in [2.24, 2.45) is 5.92 Å². The molecule has 1 fully saturated rings. The van der Waals surface area contributed by atoms with Crippen LogP contribution < -0.4 is 0 Å². The van der Waals surface area contributed by atoms with Crippen LogP contribution in [0.4, 0.5) is 0 Å². The first-order valence-electron chi connectivity index (χ1n) is 4.39. The van der Waals surface area contributed by atoms with Gasteiger partial charge >= 0.3 is 0 Å². The predicted molar refractivity (Wildman–Crippen MR) is 48.2 cm³/mol. The molecule has 0 spiro atoms. The first-order valence-corrected chi connectivity index (χ1v) is 4.39. The Bertz CT molecular complexity index is 177. The van der Waals surface area contributed by atoms with E-state index in [2.05, 4.69) is 16.9 Å². The summed E-state index contributed by atoms with van der Waals surface area (Å²) >= 11 is 0. The second-order valence-corrected chi connectivity index (χ2v) is 3.29. The van der Waals surface area contributed by atoms with E-state index >= 15 is 0 Å². The molecule has 1 aliphatic heterocycles. The summed E-state index contributed by atoms with van der Waals surface area (Å²) in [5, 5.41) is 8.49. The van der Waals surface area contributed by atoms with Gasteiger partial charge in [-0.1, -0.05) is 5.92 Å². The van der Waals surface area contributed by atoms with Crippen molar-refractivity contribution >= 4 is 0 Å². The highest BCUT2D eigenvalue weighted by molar-refractivity contribution is 4.90. The number of hydrogen-bond donors (Lipinski definition) is 0. The van der Waals surface area contributed by atoms with Gasteiger partial charge in [0.25, 0.3) is 0 Å². The maximum Gasteiger partial charge on any atom is 0.0624 e. The molecule has 12 heavy (non-hydrogen) atoms. The monoisotopic (exact) mass is 162 g/mol. The third-order valence-corrected chi connectivity index (χ3v) is 2.40. The highest BCUT2D eigenvalue weighted by atomic mass is 15.1. The molecule has 0 aromatic rings. The molecule has 0 bridgehead atoms. The van der Waals surface area contributed by atoms with Gasteiger partial charge in [-0.15, -0.1) is 6.42 Å². The van der Waals surface area contributed by atoms with Crippen LogP contribution >= 0.6 is 0 Å². The van der Waals surface area contributed by atoms with Crippen LogP contribution in [-0.2, 0) is 0 Å². The van der Waals surface area contributed by atoms with Crippen LogP contribution in [0.1, 0.15) is 19.3 Å². The zero-order valence-electron chi connectivity index (χ0n) is 7.29. The molecule has 0 aromatic heterocycles. The van der Waals surface area contributed by atoms with Crippen LogP contribution in [-0.4, -0.2) is 24.5 Å². The molecule has 0 unspecified atom stereocenters. The van der Waals surface area contributed by atoms with Crippen LogP contribution in [0, 0.1) is 29.6 Å². The molecule has 0 radical (unpaired) electrons. The molecule has 0 aromatic carbocycles. The molecular formula is C10H14N2. The maximum atomic E-state index is 8.49. The van der Waals surface area contributed by atoms with E-state index in [9.17, 15) is 0 Å². The van der Waals surface area contributed by atoms with Crippen LogP contribution in [0.2, 0.25) is 0 Å². The predicted octanol–water partition coefficient (Wildman–Crippen LogP) is 1.25. The number of hydrogen-bond acceptors (Lipinski definition) is 2. The molecule has 2 heteroatoms. The third kappa shape index (κ3) is 2.57. The molecule has 2 nitrogen and oxygen atoms in total. The second kappa shape index (κ2) is 4.80. The minimum Gasteiger partial charge on any atom is -0.292 e. The first-order chi connectivity index (χ1) is 5.86. The Labute approximate surface area is 74.2 Å². The molecule has 1 rings (SSSR count). The van der Waals surface area contributed by atoms with Gasteiger partial charge in [-0.2, -0.15) is 5.26 Å². The summed E-state index contributed by atoms with van der Waals surface area (Å²) in [5.74, 6) is 3.26. The maximum absolute atomic E-state index is 8.49. The fraction of sp³-hybridized carbons (Fsp3) is 0.700. The zero-order chi connectivity index (χ0) is 8.81. The summed E-state index contributed by atoms with van der Waals surface area (Å²) < 4.78 is 0. The van der Waals surface area contributed by atoms with Gasteiger partial charge in [0.15, 0.2) is 0 Å². The highest BCUT2D eigenvalue weighted by Crippen LogP contribution is 2.19. The third-order valence-electron chi connectivity index (χ3n) is 2.40. The van der Waals surface area contributed by atoms with Crippen molar-refractivity contribution in [2.45, 2.75) is 19.3 Å². The van der Waals surface area contributed by atoms with E-state index in [0.29, 0.717) is 12.3 Å². The lowest BCUT2D eigenvalue weighted by Crippen LogP contribution is -2.33. The molecule has 64 valence electrons. The Hall–Kier alpha value is -0.990. The Morgan fingerprint density at radius 2 is 2.08 bits per heavy atom. The van der Waals surface area contributed by atoms with E-state index < -0.39 is 0 Å². The van der Waals surface area contributed by atoms with Crippen LogP contribution in [0.3, 0.4) is 0 Å². The number of nitriles is 1. The summed E-state index contributed by atoms with van der Waals surface area (Å²) in [4.78, 5) is 2.27. The lowest BCUT2D eigenvalue weighted by Gasteiger charge is -2.29. The van der Waals surface area contributed by atoms with Gasteiger partial charge < -0.3 is 0 Å². The number of terminal acetylenes is 1. The average Bonchev–Trinajstić information content (AvgIpc) is 2.09. The Balaban J connectivity index is 2.22. The number of rotatable bonds is 2. The van der Waals surface area contributed by atoms with E-state index in [1.54, 1.807) is 0 Å². The van der Waals surface area contributed by atoms with Gasteiger partial charge in [-0.25, -0.2) is 0 Å². The number of likely N-dealkylation sites (tertiary alicyclic amines) is 1. The minimum absolute atomic E-state index is 0.615. The van der Waals surface area contributed by atoms with E-state index in [4.69, 9.17) is 11.7 Å². The summed E-state index contributed by atoms with van der Waals surface area (Å²) in [6, 6.07) is 2.23. The SMILES string of the molecule is C#CCN1CCC(CC#N)CC1. The standard InChI is InChI=1S/C10H14N2/c1-2-7-12-8-4-10(3-6-11)5-9-12/h1,10H,3-5,7-9H2. The minimum atomic E-state index is 0.615. The summed E-state index contributed by atoms with van der Waals surface area (Å²) in [6.45, 7) is 2.90. The fourth-order valence-electron chi connectivity index (χ4n) is 1.61. The molecular weight excluding hydrogens is 148 g/mol. The van der Waals surface area contributed by atoms with E-state index in [1.165, 1.54) is 0 Å². The quantitative estimate of drug-likeness (QED) is 0.571. The summed E-state index contributed by atoms with van der Waals surface area (Å²) in [6.07, 6.45) is 8.19. The van der Waals surface area contributed by atoms with Gasteiger partial charge in [0.1, 0.15) is 0 Å². The van der Waals surface area contributed by atoms with Crippen molar-refractivity contribution in [3.05, 3.63) is 0 Å². The molecule has 0 aliphatic carbocycles. The number of nitrogens with zero attached hydrogens (tertiary/aromatic N) is 2. The molecule has 0 saturated carbocycles. The molecule has 0 N–H and O–H groups in total. The molecule has 0 amide bonds. The summed E-state index contributed by atoms with van der Waals surface area (Å²) in [5.41, 5.74) is 0. The van der Waals surface area contributed by atoms with Crippen LogP contribution in [0.25, 0.3) is 0 Å². The topological polar surface area (TPSA) is 27.0 Å². The van der Waals surface area contributed by atoms with E-state index in [1.807, 2.05) is 0 Å². The average molecular weight is 162 g/mol. The van der Waals surface area contributed by atoms with Crippen LogP contribution in [0.15, 0.2) is 0 Å². The van der Waals surface area contributed by atoms with Gasteiger partial charge in [-0.05, 0) is 31.8 Å². The fourth-order valence-corrected chi connectivity index (χ4v) is 1.61. The van der Waals surface area contributed by atoms with Gasteiger partial charge in [-0.3, -0.25) is 4.90 Å². The van der Waals surface area contributed by atoms with Crippen LogP contribution in [0.5, 0.6) is 0 Å². The van der Waals surface area contributed by atoms with Gasteiger partial charge in [0, 0.05) is 6.42 Å². The van der Waals surface area contributed by atoms with Gasteiger partial charge in [0.2, 0.25) is 0 Å². The van der Waals surface area contributed by atoms with E-state index in [0.717, 1.165) is 32.5 Å². The normalized spacial score (nSPS) is 19.8. The van der Waals surface area contributed by atoms with Gasteiger partial charge in [0.05, 0.1) is 12.6 Å². The van der Waals surface area contributed by atoms with Crippen molar-refractivity contribution in [1.29, 1.82) is 5.26 Å². The van der Waals surface area contributed by atoms with Crippen molar-refractivity contribution in [3.8, 4) is 18.4 Å². The first kappa shape index (κ1) is 9.10. The lowest BCUT2D eigenvalue weighted by atomic mass is 9.94. The Morgan fingerprint density at radius 1 is 1.42 bits per heavy atom. The second-order valence-electron chi connectivity index (χ2n) is 3.29. The largest absolute Gasteiger partial charge is 0.292 e. The highest BCUT2D eigenvalue weighted by Gasteiger charge is 2.17.